The molecular formula is C18H20N2O5S2. The Hall–Kier alpha value is -2.39. The second-order valence-corrected chi connectivity index (χ2v) is 8.32. The zero-order chi connectivity index (χ0) is 19.4. The third-order valence-electron chi connectivity index (χ3n) is 3.70. The van der Waals surface area contributed by atoms with E-state index in [0.717, 1.165) is 0 Å². The first-order valence-electron chi connectivity index (χ1n) is 8.42. The average Bonchev–Trinajstić information content (AvgIpc) is 2.63. The molecule has 0 saturated carbocycles. The molecule has 1 heterocycles. The van der Waals surface area contributed by atoms with Crippen molar-refractivity contribution >= 4 is 39.1 Å². The number of carbonyl (C=O) groups excluding carboxylic acids is 1. The molecule has 9 heteroatoms. The highest BCUT2D eigenvalue weighted by Gasteiger charge is 2.22. The number of benzene rings is 2. The zero-order valence-corrected chi connectivity index (χ0v) is 16.6. The molecule has 2 aromatic rings. The summed E-state index contributed by atoms with van der Waals surface area (Å²) in [6.45, 7) is 4.54. The fourth-order valence-electron chi connectivity index (χ4n) is 2.55. The number of rotatable bonds is 7. The van der Waals surface area contributed by atoms with Crippen molar-refractivity contribution in [1.29, 1.82) is 0 Å². The van der Waals surface area contributed by atoms with Crippen LogP contribution in [0.1, 0.15) is 13.8 Å². The molecule has 2 N–H and O–H groups in total. The van der Waals surface area contributed by atoms with Gasteiger partial charge in [0.15, 0.2) is 0 Å². The molecule has 0 spiro atoms. The minimum Gasteiger partial charge on any atom is -0.494 e. The van der Waals surface area contributed by atoms with Crippen LogP contribution >= 0.6 is 11.8 Å². The molecule has 0 fully saturated rings. The predicted octanol–water partition coefficient (Wildman–Crippen LogP) is 3.33. The van der Waals surface area contributed by atoms with Crippen LogP contribution in [0.25, 0.3) is 0 Å². The van der Waals surface area contributed by atoms with Crippen molar-refractivity contribution in [3.05, 3.63) is 36.4 Å². The maximum atomic E-state index is 12.9. The van der Waals surface area contributed by atoms with Gasteiger partial charge in [0.2, 0.25) is 5.91 Å². The maximum Gasteiger partial charge on any atom is 0.262 e. The Labute approximate surface area is 162 Å². The van der Waals surface area contributed by atoms with E-state index in [2.05, 4.69) is 10.0 Å². The zero-order valence-electron chi connectivity index (χ0n) is 14.9. The summed E-state index contributed by atoms with van der Waals surface area (Å²) in [4.78, 5) is 12.3. The molecule has 1 aliphatic heterocycles. The highest BCUT2D eigenvalue weighted by Crippen LogP contribution is 2.35. The van der Waals surface area contributed by atoms with Crippen LogP contribution < -0.4 is 19.5 Å². The van der Waals surface area contributed by atoms with Gasteiger partial charge < -0.3 is 14.8 Å². The van der Waals surface area contributed by atoms with Gasteiger partial charge in [-0.05, 0) is 44.2 Å². The lowest BCUT2D eigenvalue weighted by atomic mass is 10.3. The Balaban J connectivity index is 1.92. The normalized spacial score (nSPS) is 13.5. The van der Waals surface area contributed by atoms with E-state index in [9.17, 15) is 13.2 Å². The lowest BCUT2D eigenvalue weighted by Crippen LogP contribution is -2.19. The summed E-state index contributed by atoms with van der Waals surface area (Å²) in [5, 5.41) is 2.72. The number of amides is 1. The second-order valence-electron chi connectivity index (χ2n) is 5.62. The summed E-state index contributed by atoms with van der Waals surface area (Å²) in [6.07, 6.45) is 0. The molecule has 3 rings (SSSR count). The van der Waals surface area contributed by atoms with Crippen LogP contribution in [-0.2, 0) is 14.8 Å². The molecule has 2 aromatic carbocycles. The van der Waals surface area contributed by atoms with Crippen molar-refractivity contribution in [1.82, 2.24) is 0 Å². The number of carbonyl (C=O) groups is 1. The quantitative estimate of drug-likeness (QED) is 0.730. The lowest BCUT2D eigenvalue weighted by Gasteiger charge is -2.18. The van der Waals surface area contributed by atoms with E-state index in [-0.39, 0.29) is 16.6 Å². The van der Waals surface area contributed by atoms with Crippen molar-refractivity contribution in [2.75, 3.05) is 29.0 Å². The summed E-state index contributed by atoms with van der Waals surface area (Å²) in [5.41, 5.74) is 0.921. The van der Waals surface area contributed by atoms with E-state index in [0.29, 0.717) is 41.0 Å². The smallest absolute Gasteiger partial charge is 0.262 e. The van der Waals surface area contributed by atoms with E-state index < -0.39 is 10.0 Å². The summed E-state index contributed by atoms with van der Waals surface area (Å²) in [5.74, 6) is 1.12. The minimum atomic E-state index is -3.84. The van der Waals surface area contributed by atoms with Crippen molar-refractivity contribution in [2.24, 2.45) is 0 Å². The van der Waals surface area contributed by atoms with Gasteiger partial charge in [0.1, 0.15) is 11.5 Å². The number of fused-ring (bicyclic) bond motifs is 1. The van der Waals surface area contributed by atoms with Crippen LogP contribution in [0.15, 0.2) is 46.2 Å². The summed E-state index contributed by atoms with van der Waals surface area (Å²) in [6, 6.07) is 9.59. The van der Waals surface area contributed by atoms with Crippen molar-refractivity contribution < 1.29 is 22.7 Å². The molecule has 27 heavy (non-hydrogen) atoms. The van der Waals surface area contributed by atoms with Gasteiger partial charge in [-0.1, -0.05) is 0 Å². The summed E-state index contributed by atoms with van der Waals surface area (Å²) in [7, 11) is -3.84. The maximum absolute atomic E-state index is 12.9. The molecule has 0 unspecified atom stereocenters. The van der Waals surface area contributed by atoms with E-state index in [1.54, 1.807) is 30.3 Å². The van der Waals surface area contributed by atoms with Crippen LogP contribution in [0.5, 0.6) is 11.5 Å². The van der Waals surface area contributed by atoms with Gasteiger partial charge in [-0.15, -0.1) is 11.8 Å². The largest absolute Gasteiger partial charge is 0.494 e. The lowest BCUT2D eigenvalue weighted by molar-refractivity contribution is -0.113. The highest BCUT2D eigenvalue weighted by molar-refractivity contribution is 8.00. The van der Waals surface area contributed by atoms with Gasteiger partial charge in [0.05, 0.1) is 35.2 Å². The predicted molar refractivity (Wildman–Crippen MR) is 105 cm³/mol. The van der Waals surface area contributed by atoms with E-state index in [1.165, 1.54) is 17.8 Å². The van der Waals surface area contributed by atoms with Crippen LogP contribution in [0.3, 0.4) is 0 Å². The van der Waals surface area contributed by atoms with Crippen LogP contribution in [-0.4, -0.2) is 33.3 Å². The summed E-state index contributed by atoms with van der Waals surface area (Å²) < 4.78 is 39.3. The molecule has 0 bridgehead atoms. The third kappa shape index (κ3) is 4.48. The Morgan fingerprint density at radius 1 is 1.11 bits per heavy atom. The van der Waals surface area contributed by atoms with Crippen molar-refractivity contribution in [3.8, 4) is 11.5 Å². The van der Waals surface area contributed by atoms with Gasteiger partial charge in [0.25, 0.3) is 10.0 Å². The molecule has 0 saturated heterocycles. The second kappa shape index (κ2) is 8.10. The Kier molecular flexibility index (Phi) is 5.81. The Morgan fingerprint density at radius 2 is 1.89 bits per heavy atom. The first-order valence-corrected chi connectivity index (χ1v) is 10.9. The van der Waals surface area contributed by atoms with E-state index in [1.807, 2.05) is 13.8 Å². The number of nitrogens with one attached hydrogen (secondary N) is 2. The number of hydrogen-bond donors (Lipinski definition) is 2. The standard InChI is InChI=1S/C18H20N2O5S2/c1-3-24-12-5-8-16(25-4-2)15(9-12)20-27(22,23)13-6-7-14-17(10-13)26-11-18(21)19-14/h5-10,20H,3-4,11H2,1-2H3,(H,19,21). The highest BCUT2D eigenvalue weighted by atomic mass is 32.2. The molecule has 1 aliphatic rings. The van der Waals surface area contributed by atoms with E-state index >= 15 is 0 Å². The van der Waals surface area contributed by atoms with E-state index in [4.69, 9.17) is 9.47 Å². The fraction of sp³-hybridized carbons (Fsp3) is 0.278. The molecular weight excluding hydrogens is 388 g/mol. The topological polar surface area (TPSA) is 93.7 Å². The molecule has 0 atom stereocenters. The number of thioether (sulfide) groups is 1. The Bertz CT molecular complexity index is 960. The first-order chi connectivity index (χ1) is 12.9. The number of anilines is 2. The Morgan fingerprint density at radius 3 is 2.63 bits per heavy atom. The SMILES string of the molecule is CCOc1ccc(OCC)c(NS(=O)(=O)c2ccc3c(c2)SCC(=O)N3)c1. The molecule has 0 aliphatic carbocycles. The van der Waals surface area contributed by atoms with Crippen molar-refractivity contribution in [2.45, 2.75) is 23.6 Å². The molecule has 0 aromatic heterocycles. The van der Waals surface area contributed by atoms with Gasteiger partial charge >= 0.3 is 0 Å². The fourth-order valence-corrected chi connectivity index (χ4v) is 4.56. The molecule has 0 radical (unpaired) electrons. The number of hydrogen-bond acceptors (Lipinski definition) is 6. The molecule has 144 valence electrons. The number of sulfonamides is 1. The van der Waals surface area contributed by atoms with Gasteiger partial charge in [-0.2, -0.15) is 0 Å². The minimum absolute atomic E-state index is 0.102. The van der Waals surface area contributed by atoms with Gasteiger partial charge in [-0.25, -0.2) is 8.42 Å². The first kappa shape index (κ1) is 19.4. The van der Waals surface area contributed by atoms with Gasteiger partial charge in [-0.3, -0.25) is 9.52 Å². The summed E-state index contributed by atoms with van der Waals surface area (Å²) >= 11 is 1.30. The van der Waals surface area contributed by atoms with Crippen LogP contribution in [0.2, 0.25) is 0 Å². The molecule has 1 amide bonds. The van der Waals surface area contributed by atoms with Crippen LogP contribution in [0, 0.1) is 0 Å². The third-order valence-corrected chi connectivity index (χ3v) is 6.12. The molecule has 7 nitrogen and oxygen atoms in total. The van der Waals surface area contributed by atoms with Crippen molar-refractivity contribution in [3.63, 3.8) is 0 Å². The monoisotopic (exact) mass is 408 g/mol. The average molecular weight is 409 g/mol. The van der Waals surface area contributed by atoms with Crippen LogP contribution in [0.4, 0.5) is 11.4 Å². The van der Waals surface area contributed by atoms with Gasteiger partial charge in [0, 0.05) is 11.0 Å². The number of ether oxygens (including phenoxy) is 2.